The first-order chi connectivity index (χ1) is 24.3. The van der Waals surface area contributed by atoms with Crippen LogP contribution in [0.2, 0.25) is 0 Å². The number of para-hydroxylation sites is 1. The average molecular weight is 630 g/mol. The third kappa shape index (κ3) is 5.33. The Morgan fingerprint density at radius 2 is 1.08 bits per heavy atom. The number of allylic oxidation sites excluding steroid dienone is 1. The summed E-state index contributed by atoms with van der Waals surface area (Å²) < 4.78 is 2.35. The lowest BCUT2D eigenvalue weighted by Gasteiger charge is -2.28. The highest BCUT2D eigenvalue weighted by atomic mass is 15.7. The molecule has 0 saturated carbocycles. The highest BCUT2D eigenvalue weighted by Gasteiger charge is 2.18. The topological polar surface area (TPSA) is 45.5 Å². The van der Waals surface area contributed by atoms with Gasteiger partial charge >= 0.3 is 0 Å². The van der Waals surface area contributed by atoms with E-state index >= 15 is 0 Å². The summed E-state index contributed by atoms with van der Waals surface area (Å²) in [6.07, 6.45) is 3.94. The standard InChI is InChI=1S/C44H31N5/c1-3-11-32(12-4-1)41-30-42(33-13-5-2-6-14-33)47-49(46-41)37-25-23-36(24-26-37)48-43-17-8-7-15-38(43)39-29-35(22-27-44(39)48)31-18-20-34(21-19-31)40-16-9-10-28-45-40/h1-30,46H. The molecule has 0 radical (unpaired) electrons. The average Bonchev–Trinajstić information content (AvgIpc) is 3.52. The van der Waals surface area contributed by atoms with Gasteiger partial charge in [-0.3, -0.25) is 10.4 Å². The molecule has 2 aromatic heterocycles. The number of hydrazone groups is 1. The zero-order valence-corrected chi connectivity index (χ0v) is 26.6. The molecule has 8 aromatic rings. The van der Waals surface area contributed by atoms with Crippen LogP contribution in [0.15, 0.2) is 187 Å². The minimum Gasteiger partial charge on any atom is -0.309 e. The van der Waals surface area contributed by atoms with Crippen molar-refractivity contribution in [3.63, 3.8) is 0 Å². The van der Waals surface area contributed by atoms with E-state index in [0.717, 1.165) is 50.7 Å². The van der Waals surface area contributed by atoms with Gasteiger partial charge in [-0.05, 0) is 77.4 Å². The highest BCUT2D eigenvalue weighted by Crippen LogP contribution is 2.36. The second kappa shape index (κ2) is 12.1. The minimum atomic E-state index is 0.895. The van der Waals surface area contributed by atoms with Crippen LogP contribution >= 0.6 is 0 Å². The monoisotopic (exact) mass is 629 g/mol. The van der Waals surface area contributed by atoms with Crippen LogP contribution in [0.5, 0.6) is 0 Å². The molecule has 1 N–H and O–H groups in total. The number of aromatic nitrogens is 2. The van der Waals surface area contributed by atoms with Crippen LogP contribution in [0.3, 0.4) is 0 Å². The maximum absolute atomic E-state index is 5.00. The number of anilines is 1. The summed E-state index contributed by atoms with van der Waals surface area (Å²) in [5, 5.41) is 9.31. The number of hydrogen-bond acceptors (Lipinski definition) is 4. The lowest BCUT2D eigenvalue weighted by Crippen LogP contribution is -2.36. The second-order valence-electron chi connectivity index (χ2n) is 12.1. The van der Waals surface area contributed by atoms with E-state index in [1.165, 1.54) is 27.4 Å². The molecule has 3 heterocycles. The predicted octanol–water partition coefficient (Wildman–Crippen LogP) is 10.3. The Kier molecular flexibility index (Phi) is 7.06. The van der Waals surface area contributed by atoms with Crippen molar-refractivity contribution in [1.82, 2.24) is 15.0 Å². The molecule has 0 saturated heterocycles. The zero-order valence-electron chi connectivity index (χ0n) is 26.6. The van der Waals surface area contributed by atoms with Gasteiger partial charge in [0.1, 0.15) is 0 Å². The van der Waals surface area contributed by atoms with Crippen LogP contribution in [-0.2, 0) is 0 Å². The van der Waals surface area contributed by atoms with Crippen LogP contribution in [0.4, 0.5) is 5.69 Å². The van der Waals surface area contributed by atoms with Crippen molar-refractivity contribution < 1.29 is 0 Å². The first-order valence-corrected chi connectivity index (χ1v) is 16.4. The van der Waals surface area contributed by atoms with Crippen molar-refractivity contribution in [3.8, 4) is 28.1 Å². The Labute approximate surface area is 284 Å². The number of hydrazine groups is 1. The number of rotatable bonds is 6. The molecular weight excluding hydrogens is 599 g/mol. The molecule has 0 unspecified atom stereocenters. The van der Waals surface area contributed by atoms with Crippen molar-refractivity contribution in [1.29, 1.82) is 0 Å². The van der Waals surface area contributed by atoms with Crippen LogP contribution < -0.4 is 10.5 Å². The lowest BCUT2D eigenvalue weighted by atomic mass is 10.0. The van der Waals surface area contributed by atoms with E-state index in [4.69, 9.17) is 5.10 Å². The fourth-order valence-corrected chi connectivity index (χ4v) is 6.62. The second-order valence-corrected chi connectivity index (χ2v) is 12.1. The molecule has 5 heteroatoms. The molecule has 0 fully saturated rings. The van der Waals surface area contributed by atoms with Crippen LogP contribution in [-0.4, -0.2) is 15.3 Å². The van der Waals surface area contributed by atoms with E-state index < -0.39 is 0 Å². The Balaban J connectivity index is 1.07. The van der Waals surface area contributed by atoms with Gasteiger partial charge in [0.05, 0.1) is 33.8 Å². The number of pyridine rings is 1. The number of hydrogen-bond donors (Lipinski definition) is 1. The van der Waals surface area contributed by atoms with Crippen molar-refractivity contribution in [2.45, 2.75) is 0 Å². The number of benzene rings is 6. The molecule has 0 aliphatic carbocycles. The summed E-state index contributed by atoms with van der Waals surface area (Å²) in [4.78, 5) is 4.50. The van der Waals surface area contributed by atoms with Gasteiger partial charge < -0.3 is 4.57 Å². The minimum absolute atomic E-state index is 0.895. The van der Waals surface area contributed by atoms with Gasteiger partial charge in [-0.25, -0.2) is 0 Å². The Hall–Kier alpha value is -6.72. The normalized spacial score (nSPS) is 12.9. The van der Waals surface area contributed by atoms with E-state index in [2.05, 4.69) is 148 Å². The van der Waals surface area contributed by atoms with E-state index in [0.29, 0.717) is 0 Å². The first kappa shape index (κ1) is 28.5. The summed E-state index contributed by atoms with van der Waals surface area (Å²) in [7, 11) is 0. The van der Waals surface area contributed by atoms with Gasteiger partial charge in [-0.15, -0.1) is 0 Å². The Morgan fingerprint density at radius 1 is 0.449 bits per heavy atom. The summed E-state index contributed by atoms with van der Waals surface area (Å²) in [5.74, 6) is 0. The van der Waals surface area contributed by atoms with Crippen LogP contribution in [0.1, 0.15) is 11.1 Å². The fraction of sp³-hybridized carbons (Fsp3) is 0. The van der Waals surface area contributed by atoms with Gasteiger partial charge in [0.2, 0.25) is 0 Å². The van der Waals surface area contributed by atoms with Crippen molar-refractivity contribution in [2.24, 2.45) is 5.10 Å². The molecule has 1 aliphatic heterocycles. The molecule has 49 heavy (non-hydrogen) atoms. The summed E-state index contributed by atoms with van der Waals surface area (Å²) >= 11 is 0. The molecule has 0 amide bonds. The maximum atomic E-state index is 5.00. The van der Waals surface area contributed by atoms with E-state index in [-0.39, 0.29) is 0 Å². The molecule has 6 aromatic carbocycles. The summed E-state index contributed by atoms with van der Waals surface area (Å²) in [6, 6.07) is 59.3. The van der Waals surface area contributed by atoms with E-state index in [1.807, 2.05) is 53.8 Å². The van der Waals surface area contributed by atoms with Gasteiger partial charge in [0, 0.05) is 33.8 Å². The Bertz CT molecular complexity index is 2480. The first-order valence-electron chi connectivity index (χ1n) is 16.4. The largest absolute Gasteiger partial charge is 0.309 e. The molecule has 0 bridgehead atoms. The number of nitrogens with zero attached hydrogens (tertiary/aromatic N) is 4. The van der Waals surface area contributed by atoms with Crippen molar-refractivity contribution in [3.05, 3.63) is 193 Å². The van der Waals surface area contributed by atoms with Gasteiger partial charge in [-0.2, -0.15) is 10.2 Å². The van der Waals surface area contributed by atoms with Crippen molar-refractivity contribution >= 4 is 38.9 Å². The molecule has 0 spiro atoms. The van der Waals surface area contributed by atoms with E-state index in [1.54, 1.807) is 0 Å². The molecular formula is C44H31N5. The van der Waals surface area contributed by atoms with Crippen LogP contribution in [0.25, 0.3) is 55.6 Å². The molecule has 232 valence electrons. The quantitative estimate of drug-likeness (QED) is 0.199. The smallest absolute Gasteiger partial charge is 0.0949 e. The summed E-state index contributed by atoms with van der Waals surface area (Å²) in [6.45, 7) is 0. The molecule has 9 rings (SSSR count). The number of fused-ring (bicyclic) bond motifs is 3. The maximum Gasteiger partial charge on any atom is 0.0949 e. The Morgan fingerprint density at radius 3 is 1.84 bits per heavy atom. The summed E-state index contributed by atoms with van der Waals surface area (Å²) in [5.41, 5.74) is 16.4. The predicted molar refractivity (Wildman–Crippen MR) is 202 cm³/mol. The number of nitrogens with one attached hydrogen (secondary N) is 1. The SMILES string of the molecule is C1=C(c2ccccc2)NN(c2ccc(-n3c4ccccc4c4cc(-c5ccc(-c6ccccn6)cc5)ccc43)cc2)N=C1c1ccccc1. The highest BCUT2D eigenvalue weighted by molar-refractivity contribution is 6.13. The molecule has 5 nitrogen and oxygen atoms in total. The van der Waals surface area contributed by atoms with Gasteiger partial charge in [0.15, 0.2) is 0 Å². The van der Waals surface area contributed by atoms with Gasteiger partial charge in [0.25, 0.3) is 0 Å². The third-order valence-corrected chi connectivity index (χ3v) is 9.07. The lowest BCUT2D eigenvalue weighted by molar-refractivity contribution is 0.787. The van der Waals surface area contributed by atoms with Gasteiger partial charge in [-0.1, -0.05) is 115 Å². The van der Waals surface area contributed by atoms with Crippen LogP contribution in [0, 0.1) is 0 Å². The van der Waals surface area contributed by atoms with E-state index in [9.17, 15) is 0 Å². The zero-order chi connectivity index (χ0) is 32.6. The molecule has 1 aliphatic rings. The van der Waals surface area contributed by atoms with Crippen molar-refractivity contribution in [2.75, 3.05) is 5.12 Å². The third-order valence-electron chi connectivity index (χ3n) is 9.07. The fourth-order valence-electron chi connectivity index (χ4n) is 6.62. The molecule has 0 atom stereocenters.